The summed E-state index contributed by atoms with van der Waals surface area (Å²) in [5.74, 6) is 1.87. The lowest BCUT2D eigenvalue weighted by atomic mass is 10.1. The molecule has 1 N–H and O–H groups in total. The highest BCUT2D eigenvalue weighted by atomic mass is 35.5. The van der Waals surface area contributed by atoms with E-state index < -0.39 is 0 Å². The Hall–Kier alpha value is -4.09. The van der Waals surface area contributed by atoms with Crippen LogP contribution in [-0.4, -0.2) is 33.7 Å². The quantitative estimate of drug-likeness (QED) is 0.301. The minimum absolute atomic E-state index is 0.103. The average Bonchev–Trinajstić information content (AvgIpc) is 3.21. The second kappa shape index (κ2) is 9.59. The number of rotatable bonds is 7. The first kappa shape index (κ1) is 22.1. The molecule has 0 amide bonds. The van der Waals surface area contributed by atoms with Crippen molar-refractivity contribution >= 4 is 40.3 Å². The predicted molar refractivity (Wildman–Crippen MR) is 128 cm³/mol. The van der Waals surface area contributed by atoms with Gasteiger partial charge in [-0.15, -0.1) is 0 Å². The van der Waals surface area contributed by atoms with Crippen LogP contribution in [0.15, 0.2) is 48.8 Å². The summed E-state index contributed by atoms with van der Waals surface area (Å²) in [5.41, 5.74) is 4.75. The van der Waals surface area contributed by atoms with Crippen LogP contribution in [0.4, 0.5) is 11.5 Å². The Morgan fingerprint density at radius 1 is 1.15 bits per heavy atom. The van der Waals surface area contributed by atoms with Gasteiger partial charge in [0.2, 0.25) is 5.28 Å². The van der Waals surface area contributed by atoms with Gasteiger partial charge in [-0.1, -0.05) is 12.1 Å². The van der Waals surface area contributed by atoms with Crippen LogP contribution in [0, 0.1) is 18.3 Å². The van der Waals surface area contributed by atoms with Crippen LogP contribution in [0.25, 0.3) is 17.2 Å². The van der Waals surface area contributed by atoms with Gasteiger partial charge < -0.3 is 19.4 Å². The number of imidazole rings is 1. The lowest BCUT2D eigenvalue weighted by Gasteiger charge is -2.15. The van der Waals surface area contributed by atoms with Gasteiger partial charge in [-0.25, -0.2) is 4.98 Å². The number of halogens is 1. The van der Waals surface area contributed by atoms with Gasteiger partial charge in [-0.05, 0) is 65.6 Å². The fourth-order valence-electron chi connectivity index (χ4n) is 3.50. The topological polar surface area (TPSA) is 97.9 Å². The molecular formula is C24H21ClN6O2. The molecule has 166 valence electrons. The van der Waals surface area contributed by atoms with Gasteiger partial charge in [-0.2, -0.15) is 15.2 Å². The maximum Gasteiger partial charge on any atom is 0.226 e. The molecule has 2 aromatic carbocycles. The standard InChI is InChI=1S/C24H21ClN6O2/c1-15-11-17(5-4-10-26)12-19(33-3)20(15)28-22-21-23(30-24(25)29-22)31(14-27-21)13-16-6-8-18(32-2)9-7-16/h4-9,11-12,14H,13H2,1-3H3,(H,28,29,30). The highest BCUT2D eigenvalue weighted by molar-refractivity contribution is 6.28. The number of hydrogen-bond donors (Lipinski definition) is 1. The van der Waals surface area contributed by atoms with E-state index in [0.717, 1.165) is 28.1 Å². The summed E-state index contributed by atoms with van der Waals surface area (Å²) in [7, 11) is 3.23. The van der Waals surface area contributed by atoms with Crippen molar-refractivity contribution in [2.24, 2.45) is 0 Å². The molecule has 4 rings (SSSR count). The van der Waals surface area contributed by atoms with E-state index >= 15 is 0 Å². The number of hydrogen-bond acceptors (Lipinski definition) is 7. The van der Waals surface area contributed by atoms with Gasteiger partial charge in [0.15, 0.2) is 17.0 Å². The normalized spacial score (nSPS) is 11.0. The SMILES string of the molecule is COc1ccc(Cn2cnc3c(Nc4c(C)cc(C=CC#N)cc4OC)nc(Cl)nc32)cc1. The highest BCUT2D eigenvalue weighted by Gasteiger charge is 2.16. The van der Waals surface area contributed by atoms with Crippen molar-refractivity contribution in [3.8, 4) is 17.6 Å². The number of methoxy groups -OCH3 is 2. The predicted octanol–water partition coefficient (Wildman–Crippen LogP) is 5.13. The van der Waals surface area contributed by atoms with Gasteiger partial charge in [0.05, 0.1) is 38.8 Å². The van der Waals surface area contributed by atoms with E-state index in [9.17, 15) is 0 Å². The summed E-state index contributed by atoms with van der Waals surface area (Å²) in [6.07, 6.45) is 4.86. The molecule has 0 radical (unpaired) electrons. The summed E-state index contributed by atoms with van der Waals surface area (Å²) < 4.78 is 12.7. The fourth-order valence-corrected chi connectivity index (χ4v) is 3.66. The van der Waals surface area contributed by atoms with Gasteiger partial charge >= 0.3 is 0 Å². The van der Waals surface area contributed by atoms with Gasteiger partial charge in [0.25, 0.3) is 0 Å². The van der Waals surface area contributed by atoms with Crippen molar-refractivity contribution < 1.29 is 9.47 Å². The lowest BCUT2D eigenvalue weighted by Crippen LogP contribution is -2.03. The number of nitrogens with zero attached hydrogens (tertiary/aromatic N) is 5. The van der Waals surface area contributed by atoms with Crippen molar-refractivity contribution in [1.82, 2.24) is 19.5 Å². The summed E-state index contributed by atoms with van der Waals surface area (Å²) in [6, 6.07) is 13.6. The molecule has 0 spiro atoms. The molecule has 9 heteroatoms. The van der Waals surface area contributed by atoms with Crippen LogP contribution in [0.5, 0.6) is 11.5 Å². The third-order valence-electron chi connectivity index (χ3n) is 5.08. The Morgan fingerprint density at radius 2 is 1.94 bits per heavy atom. The smallest absolute Gasteiger partial charge is 0.226 e. The van der Waals surface area contributed by atoms with Crippen molar-refractivity contribution in [2.45, 2.75) is 13.5 Å². The number of ether oxygens (including phenoxy) is 2. The largest absolute Gasteiger partial charge is 0.497 e. The van der Waals surface area contributed by atoms with Gasteiger partial charge in [0, 0.05) is 6.08 Å². The van der Waals surface area contributed by atoms with E-state index in [1.54, 1.807) is 26.6 Å². The number of aromatic nitrogens is 4. The summed E-state index contributed by atoms with van der Waals surface area (Å²) in [6.45, 7) is 2.51. The van der Waals surface area contributed by atoms with E-state index in [1.165, 1.54) is 6.08 Å². The summed E-state index contributed by atoms with van der Waals surface area (Å²) in [4.78, 5) is 13.3. The van der Waals surface area contributed by atoms with Crippen molar-refractivity contribution in [3.63, 3.8) is 0 Å². The fraction of sp³-hybridized carbons (Fsp3) is 0.167. The molecule has 0 unspecified atom stereocenters. The molecule has 2 aromatic heterocycles. The molecule has 2 heterocycles. The van der Waals surface area contributed by atoms with Crippen LogP contribution in [0.1, 0.15) is 16.7 Å². The number of allylic oxidation sites excluding steroid dienone is 1. The number of nitriles is 1. The summed E-state index contributed by atoms with van der Waals surface area (Å²) in [5, 5.41) is 12.2. The molecular weight excluding hydrogens is 440 g/mol. The van der Waals surface area contributed by atoms with Crippen molar-refractivity contribution in [2.75, 3.05) is 19.5 Å². The van der Waals surface area contributed by atoms with Crippen LogP contribution < -0.4 is 14.8 Å². The number of benzene rings is 2. The molecule has 0 bridgehead atoms. The Kier molecular flexibility index (Phi) is 6.43. The Balaban J connectivity index is 1.71. The number of nitrogens with one attached hydrogen (secondary N) is 1. The van der Waals surface area contributed by atoms with Crippen LogP contribution in [0.3, 0.4) is 0 Å². The molecule has 0 fully saturated rings. The third kappa shape index (κ3) is 4.73. The van der Waals surface area contributed by atoms with Crippen molar-refractivity contribution in [1.29, 1.82) is 5.26 Å². The molecule has 0 saturated heterocycles. The van der Waals surface area contributed by atoms with Crippen LogP contribution in [0.2, 0.25) is 5.28 Å². The maximum atomic E-state index is 8.80. The minimum atomic E-state index is 0.103. The Bertz CT molecular complexity index is 1370. The van der Waals surface area contributed by atoms with Crippen molar-refractivity contribution in [3.05, 3.63) is 70.8 Å². The van der Waals surface area contributed by atoms with Gasteiger partial charge in [-0.3, -0.25) is 0 Å². The molecule has 0 aliphatic heterocycles. The number of fused-ring (bicyclic) bond motifs is 1. The lowest BCUT2D eigenvalue weighted by molar-refractivity contribution is 0.414. The second-order valence-electron chi connectivity index (χ2n) is 7.24. The maximum absolute atomic E-state index is 8.80. The van der Waals surface area contributed by atoms with E-state index in [1.807, 2.05) is 54.0 Å². The molecule has 0 aliphatic rings. The van der Waals surface area contributed by atoms with E-state index in [4.69, 9.17) is 26.3 Å². The first-order valence-corrected chi connectivity index (χ1v) is 10.4. The minimum Gasteiger partial charge on any atom is -0.497 e. The molecule has 33 heavy (non-hydrogen) atoms. The first-order chi connectivity index (χ1) is 16.0. The zero-order valence-electron chi connectivity index (χ0n) is 18.3. The van der Waals surface area contributed by atoms with E-state index in [-0.39, 0.29) is 5.28 Å². The summed E-state index contributed by atoms with van der Waals surface area (Å²) >= 11 is 6.27. The monoisotopic (exact) mass is 460 g/mol. The van der Waals surface area contributed by atoms with Crippen LogP contribution in [-0.2, 0) is 6.54 Å². The second-order valence-corrected chi connectivity index (χ2v) is 7.57. The third-order valence-corrected chi connectivity index (χ3v) is 5.25. The number of anilines is 2. The average molecular weight is 461 g/mol. The molecule has 0 aliphatic carbocycles. The van der Waals surface area contributed by atoms with Gasteiger partial charge in [0.1, 0.15) is 11.5 Å². The van der Waals surface area contributed by atoms with E-state index in [0.29, 0.717) is 29.3 Å². The zero-order chi connectivity index (χ0) is 23.4. The molecule has 0 atom stereocenters. The first-order valence-electron chi connectivity index (χ1n) is 10.1. The van der Waals surface area contributed by atoms with E-state index in [2.05, 4.69) is 20.3 Å². The molecule has 4 aromatic rings. The Morgan fingerprint density at radius 3 is 2.64 bits per heavy atom. The molecule has 8 nitrogen and oxygen atoms in total. The zero-order valence-corrected chi connectivity index (χ0v) is 19.1. The highest BCUT2D eigenvalue weighted by Crippen LogP contribution is 2.34. The molecule has 0 saturated carbocycles. The number of aryl methyl sites for hydroxylation is 1. The Labute approximate surface area is 196 Å². The van der Waals surface area contributed by atoms with Crippen LogP contribution >= 0.6 is 11.6 Å².